The van der Waals surface area contributed by atoms with Gasteiger partial charge in [-0.25, -0.2) is 0 Å². The number of thiophene rings is 2. The molecule has 1 N–H and O–H groups in total. The van der Waals surface area contributed by atoms with Crippen molar-refractivity contribution in [3.8, 4) is 0 Å². The van der Waals surface area contributed by atoms with Crippen LogP contribution >= 0.6 is 35.1 Å². The van der Waals surface area contributed by atoms with Crippen molar-refractivity contribution in [1.82, 2.24) is 4.90 Å². The van der Waals surface area contributed by atoms with E-state index in [1.54, 1.807) is 0 Å². The van der Waals surface area contributed by atoms with Gasteiger partial charge in [-0.1, -0.05) is 44.6 Å². The third kappa shape index (κ3) is 8.89. The lowest BCUT2D eigenvalue weighted by atomic mass is 9.97. The topological polar surface area (TPSA) is 59.0 Å². The maximum atomic E-state index is 11.6. The zero-order valence-electron chi connectivity index (χ0n) is 23.7. The smallest absolute Gasteiger partial charge is 0.307 e. The number of carboxylic acid groups (broad SMARTS) is 1. The zero-order chi connectivity index (χ0) is 26.9. The van der Waals surface area contributed by atoms with Crippen LogP contribution in [0.15, 0.2) is 29.0 Å². The Bertz CT molecular complexity index is 1010. The fourth-order valence-electron chi connectivity index (χ4n) is 6.39. The molecule has 0 aromatic carbocycles. The van der Waals surface area contributed by atoms with E-state index < -0.39 is 5.97 Å². The van der Waals surface area contributed by atoms with Crippen LogP contribution in [0, 0.1) is 5.92 Å². The van der Waals surface area contributed by atoms with Gasteiger partial charge < -0.3 is 19.5 Å². The largest absolute Gasteiger partial charge is 0.481 e. The van der Waals surface area contributed by atoms with E-state index in [2.05, 4.69) is 33.9 Å². The highest BCUT2D eigenvalue weighted by molar-refractivity contribution is 7.14. The van der Waals surface area contributed by atoms with Crippen LogP contribution in [0.4, 0.5) is 0 Å². The van der Waals surface area contributed by atoms with E-state index in [1.807, 2.05) is 22.7 Å². The molecule has 1 atom stereocenters. The first-order valence-corrected chi connectivity index (χ1v) is 17.0. The van der Waals surface area contributed by atoms with Gasteiger partial charge in [0.25, 0.3) is 0 Å². The number of likely N-dealkylation sites (tertiary alicyclic amines) is 1. The Balaban J connectivity index is 0.00000370. The van der Waals surface area contributed by atoms with Crippen molar-refractivity contribution >= 4 is 46.6 Å². The van der Waals surface area contributed by atoms with Crippen LogP contribution in [-0.2, 0) is 27.5 Å². The standard InChI is InChI=1S/C32H45NO4S2.ClH/c34-32(35)24-9-7-17-33(21-24)18-8-14-29(30-25(15-19-38-30)22-36-27-10-3-1-4-11-27)31-26(16-20-39-31)23-37-28-12-5-2-6-13-28;/h14-16,19-20,24,27-28H,1-13,17-18,21-23H2,(H,34,35);1H/t24-;/m1./s1. The first-order chi connectivity index (χ1) is 19.2. The molecule has 2 aromatic heterocycles. The zero-order valence-corrected chi connectivity index (χ0v) is 26.1. The molecule has 0 spiro atoms. The third-order valence-corrected chi connectivity index (χ3v) is 10.7. The number of aliphatic carboxylic acids is 1. The van der Waals surface area contributed by atoms with Gasteiger partial charge in [0.05, 0.1) is 31.3 Å². The Kier molecular flexibility index (Phi) is 13.0. The molecule has 222 valence electrons. The predicted octanol–water partition coefficient (Wildman–Crippen LogP) is 8.55. The fraction of sp³-hybridized carbons (Fsp3) is 0.656. The summed E-state index contributed by atoms with van der Waals surface area (Å²) in [4.78, 5) is 16.5. The average molecular weight is 608 g/mol. The number of ether oxygens (including phenoxy) is 2. The Hall–Kier alpha value is -1.22. The second-order valence-corrected chi connectivity index (χ2v) is 13.4. The Morgan fingerprint density at radius 2 is 1.40 bits per heavy atom. The highest BCUT2D eigenvalue weighted by Crippen LogP contribution is 2.38. The number of hydrogen-bond acceptors (Lipinski definition) is 6. The molecular weight excluding hydrogens is 562 g/mol. The SMILES string of the molecule is Cl.O=C(O)[C@@H]1CCCN(CCC=C(c2sccc2COC2CCCCC2)c2sccc2COC2CCCCC2)C1. The predicted molar refractivity (Wildman–Crippen MR) is 168 cm³/mol. The van der Waals surface area contributed by atoms with Gasteiger partial charge in [-0.3, -0.25) is 4.79 Å². The van der Waals surface area contributed by atoms with Crippen LogP contribution < -0.4 is 0 Å². The molecule has 3 fully saturated rings. The summed E-state index contributed by atoms with van der Waals surface area (Å²) in [5.74, 6) is -0.887. The van der Waals surface area contributed by atoms with E-state index in [-0.39, 0.29) is 18.3 Å². The molecule has 2 aromatic rings. The lowest BCUT2D eigenvalue weighted by Crippen LogP contribution is -2.39. The van der Waals surface area contributed by atoms with E-state index in [0.717, 1.165) is 32.4 Å². The fourth-order valence-corrected chi connectivity index (χ4v) is 8.37. The number of rotatable bonds is 12. The summed E-state index contributed by atoms with van der Waals surface area (Å²) in [6.07, 6.45) is 18.4. The van der Waals surface area contributed by atoms with Crippen LogP contribution in [0.3, 0.4) is 0 Å². The van der Waals surface area contributed by atoms with Crippen molar-refractivity contribution in [2.45, 2.75) is 109 Å². The molecule has 5 nitrogen and oxygen atoms in total. The number of carbonyl (C=O) groups is 1. The lowest BCUT2D eigenvalue weighted by molar-refractivity contribution is -0.143. The first kappa shape index (κ1) is 31.7. The minimum absolute atomic E-state index is 0. The van der Waals surface area contributed by atoms with Crippen LogP contribution in [0.1, 0.15) is 104 Å². The van der Waals surface area contributed by atoms with Gasteiger partial charge in [-0.2, -0.15) is 0 Å². The minimum atomic E-state index is -0.654. The monoisotopic (exact) mass is 607 g/mol. The third-order valence-electron chi connectivity index (χ3n) is 8.68. The van der Waals surface area contributed by atoms with E-state index in [9.17, 15) is 9.90 Å². The molecule has 40 heavy (non-hydrogen) atoms. The van der Waals surface area contributed by atoms with Gasteiger partial charge >= 0.3 is 5.97 Å². The van der Waals surface area contributed by atoms with E-state index in [4.69, 9.17) is 9.47 Å². The van der Waals surface area contributed by atoms with Gasteiger partial charge in [0.1, 0.15) is 0 Å². The summed E-state index contributed by atoms with van der Waals surface area (Å²) in [6.45, 7) is 3.90. The van der Waals surface area contributed by atoms with Gasteiger partial charge in [0.15, 0.2) is 0 Å². The molecule has 0 unspecified atom stereocenters. The molecule has 0 amide bonds. The quantitative estimate of drug-likeness (QED) is 0.262. The molecular formula is C32H46ClNO4S2. The number of halogens is 1. The summed E-state index contributed by atoms with van der Waals surface area (Å²) < 4.78 is 12.8. The van der Waals surface area contributed by atoms with Crippen molar-refractivity contribution in [1.29, 1.82) is 0 Å². The van der Waals surface area contributed by atoms with Crippen molar-refractivity contribution in [3.05, 3.63) is 49.9 Å². The van der Waals surface area contributed by atoms with Gasteiger partial charge in [0.2, 0.25) is 0 Å². The Morgan fingerprint density at radius 3 is 1.93 bits per heavy atom. The average Bonchev–Trinajstić information content (AvgIpc) is 3.64. The number of hydrogen-bond donors (Lipinski definition) is 1. The summed E-state index contributed by atoms with van der Waals surface area (Å²) >= 11 is 3.63. The van der Waals surface area contributed by atoms with E-state index >= 15 is 0 Å². The Morgan fingerprint density at radius 1 is 0.850 bits per heavy atom. The molecule has 8 heteroatoms. The van der Waals surface area contributed by atoms with Crippen molar-refractivity contribution in [2.24, 2.45) is 5.92 Å². The number of carboxylic acids is 1. The summed E-state index contributed by atoms with van der Waals surface area (Å²) in [5.41, 5.74) is 3.87. The van der Waals surface area contributed by atoms with E-state index in [0.29, 0.717) is 32.0 Å². The molecule has 1 aliphatic heterocycles. The van der Waals surface area contributed by atoms with Crippen molar-refractivity contribution < 1.29 is 19.4 Å². The Labute approximate surface area is 254 Å². The molecule has 2 saturated carbocycles. The molecule has 0 radical (unpaired) electrons. The maximum Gasteiger partial charge on any atom is 0.307 e. The van der Waals surface area contributed by atoms with Gasteiger partial charge in [-0.15, -0.1) is 35.1 Å². The minimum Gasteiger partial charge on any atom is -0.481 e. The summed E-state index contributed by atoms with van der Waals surface area (Å²) in [7, 11) is 0. The highest BCUT2D eigenvalue weighted by atomic mass is 35.5. The maximum absolute atomic E-state index is 11.6. The highest BCUT2D eigenvalue weighted by Gasteiger charge is 2.25. The molecule has 3 aliphatic rings. The molecule has 1 saturated heterocycles. The van der Waals surface area contributed by atoms with Crippen molar-refractivity contribution in [3.63, 3.8) is 0 Å². The molecule has 0 bridgehead atoms. The second-order valence-electron chi connectivity index (χ2n) is 11.6. The van der Waals surface area contributed by atoms with Crippen LogP contribution in [0.25, 0.3) is 5.57 Å². The molecule has 5 rings (SSSR count). The molecule has 2 aliphatic carbocycles. The van der Waals surface area contributed by atoms with Crippen LogP contribution in [0.5, 0.6) is 0 Å². The second kappa shape index (κ2) is 16.4. The summed E-state index contributed by atoms with van der Waals surface area (Å²) in [6, 6.07) is 4.48. The van der Waals surface area contributed by atoms with Crippen LogP contribution in [-0.4, -0.2) is 47.8 Å². The van der Waals surface area contributed by atoms with Gasteiger partial charge in [0, 0.05) is 28.4 Å². The van der Waals surface area contributed by atoms with Crippen molar-refractivity contribution in [2.75, 3.05) is 19.6 Å². The van der Waals surface area contributed by atoms with Gasteiger partial charge in [-0.05, 0) is 85.5 Å². The lowest BCUT2D eigenvalue weighted by Gasteiger charge is -2.30. The van der Waals surface area contributed by atoms with Crippen LogP contribution in [0.2, 0.25) is 0 Å². The summed E-state index contributed by atoms with van der Waals surface area (Å²) in [5, 5.41) is 13.9. The van der Waals surface area contributed by atoms with E-state index in [1.165, 1.54) is 90.7 Å². The number of nitrogens with zero attached hydrogens (tertiary/aromatic N) is 1. The normalized spacial score (nSPS) is 21.1. The first-order valence-electron chi connectivity index (χ1n) is 15.2. The number of piperidine rings is 1. The molecule has 3 heterocycles.